The molecule has 5 unspecified atom stereocenters. The van der Waals surface area contributed by atoms with Crippen molar-refractivity contribution in [3.8, 4) is 0 Å². The van der Waals surface area contributed by atoms with E-state index in [2.05, 4.69) is 0 Å². The molecule has 0 aromatic heterocycles. The summed E-state index contributed by atoms with van der Waals surface area (Å²) in [7, 11) is 0. The zero-order valence-electron chi connectivity index (χ0n) is 14.3. The highest BCUT2D eigenvalue weighted by Gasteiger charge is 2.60. The van der Waals surface area contributed by atoms with Gasteiger partial charge < -0.3 is 4.74 Å². The molecule has 4 rings (SSSR count). The minimum atomic E-state index is -1.02. The number of esters is 1. The van der Waals surface area contributed by atoms with E-state index in [1.807, 2.05) is 12.2 Å². The number of rotatable bonds is 5. The van der Waals surface area contributed by atoms with Crippen LogP contribution in [-0.2, 0) is 19.1 Å². The quantitative estimate of drug-likeness (QED) is 0.348. The summed E-state index contributed by atoms with van der Waals surface area (Å²) >= 11 is 0. The van der Waals surface area contributed by atoms with Crippen molar-refractivity contribution in [3.63, 3.8) is 0 Å². The molecule has 0 N–H and O–H groups in total. The number of carbonyl (C=O) groups excluding carboxylic acids is 4. The molecule has 1 aromatic carbocycles. The first-order valence-corrected chi connectivity index (χ1v) is 8.79. The third-order valence-corrected chi connectivity index (χ3v) is 5.67. The molecule has 2 fully saturated rings. The molecular weight excluding hydrogens is 334 g/mol. The number of imide groups is 1. The molecule has 3 aliphatic rings. The number of carbonyl (C=O) groups is 4. The number of allylic oxidation sites excluding steroid dienone is 2. The molecule has 0 spiro atoms. The van der Waals surface area contributed by atoms with E-state index >= 15 is 0 Å². The summed E-state index contributed by atoms with van der Waals surface area (Å²) in [6.07, 6.45) is 4.84. The van der Waals surface area contributed by atoms with E-state index < -0.39 is 18.6 Å². The van der Waals surface area contributed by atoms with E-state index in [-0.39, 0.29) is 41.3 Å². The van der Waals surface area contributed by atoms with Gasteiger partial charge in [0.05, 0.1) is 11.8 Å². The second-order valence-electron chi connectivity index (χ2n) is 7.12. The molecule has 2 bridgehead atoms. The molecule has 6 nitrogen and oxygen atoms in total. The van der Waals surface area contributed by atoms with Gasteiger partial charge >= 0.3 is 5.97 Å². The number of nitrogens with zero attached hydrogens (tertiary/aromatic N) is 1. The molecule has 26 heavy (non-hydrogen) atoms. The summed E-state index contributed by atoms with van der Waals surface area (Å²) in [5, 5.41) is 0. The molecule has 0 radical (unpaired) electrons. The van der Waals surface area contributed by atoms with Crippen molar-refractivity contribution < 1.29 is 23.9 Å². The van der Waals surface area contributed by atoms with Gasteiger partial charge in [0.25, 0.3) is 0 Å². The summed E-state index contributed by atoms with van der Waals surface area (Å²) in [5.41, 5.74) is 0.443. The molecule has 1 aliphatic heterocycles. The summed E-state index contributed by atoms with van der Waals surface area (Å²) in [5.74, 6) is -2.17. The number of amides is 2. The Hall–Kier alpha value is -2.76. The lowest BCUT2D eigenvalue weighted by Gasteiger charge is -2.23. The average molecular weight is 353 g/mol. The topological polar surface area (TPSA) is 80.8 Å². The summed E-state index contributed by atoms with van der Waals surface area (Å²) < 4.78 is 5.07. The fourth-order valence-electron chi connectivity index (χ4n) is 4.38. The fourth-order valence-corrected chi connectivity index (χ4v) is 4.38. The van der Waals surface area contributed by atoms with Crippen LogP contribution < -0.4 is 0 Å². The van der Waals surface area contributed by atoms with Crippen molar-refractivity contribution in [3.05, 3.63) is 48.0 Å². The molecular formula is C20H19NO5. The summed E-state index contributed by atoms with van der Waals surface area (Å²) in [4.78, 5) is 50.8. The Morgan fingerprint density at radius 3 is 2.23 bits per heavy atom. The van der Waals surface area contributed by atoms with Crippen molar-refractivity contribution in [2.75, 3.05) is 6.61 Å². The second-order valence-corrected chi connectivity index (χ2v) is 7.12. The lowest BCUT2D eigenvalue weighted by Crippen LogP contribution is -2.45. The second kappa shape index (κ2) is 6.20. The maximum Gasteiger partial charge on any atom is 0.329 e. The zero-order chi connectivity index (χ0) is 18.4. The SMILES string of the molecule is CC(C(=O)OCC(=O)c1ccccc1)N1C(=O)C2C3C=CC(C3)C2C1=O. The highest BCUT2D eigenvalue weighted by atomic mass is 16.5. The Balaban J connectivity index is 1.41. The highest BCUT2D eigenvalue weighted by Crippen LogP contribution is 2.52. The lowest BCUT2D eigenvalue weighted by atomic mass is 9.85. The normalized spacial score (nSPS) is 29.8. The van der Waals surface area contributed by atoms with E-state index in [1.165, 1.54) is 6.92 Å². The van der Waals surface area contributed by atoms with Crippen LogP contribution in [0.15, 0.2) is 42.5 Å². The molecule has 6 heteroatoms. The van der Waals surface area contributed by atoms with Gasteiger partial charge in [0.2, 0.25) is 11.8 Å². The van der Waals surface area contributed by atoms with E-state index in [0.717, 1.165) is 11.3 Å². The standard InChI is InChI=1S/C20H19NO5/c1-11(20(25)26-10-15(22)12-5-3-2-4-6-12)21-18(23)16-13-7-8-14(9-13)17(16)19(21)24/h2-8,11,13-14,16-17H,9-10H2,1H3. The number of hydrogen-bond donors (Lipinski definition) is 0. The summed E-state index contributed by atoms with van der Waals surface area (Å²) in [6.45, 7) is 1.06. The van der Waals surface area contributed by atoms with Crippen LogP contribution in [0.4, 0.5) is 0 Å². The van der Waals surface area contributed by atoms with Gasteiger partial charge in [-0.15, -0.1) is 0 Å². The zero-order valence-corrected chi connectivity index (χ0v) is 14.3. The molecule has 2 amide bonds. The van der Waals surface area contributed by atoms with Gasteiger partial charge in [-0.3, -0.25) is 19.3 Å². The van der Waals surface area contributed by atoms with Crippen molar-refractivity contribution in [2.24, 2.45) is 23.7 Å². The lowest BCUT2D eigenvalue weighted by molar-refractivity contribution is -0.157. The van der Waals surface area contributed by atoms with Crippen LogP contribution in [0.25, 0.3) is 0 Å². The Bertz CT molecular complexity index is 785. The van der Waals surface area contributed by atoms with Gasteiger partial charge in [-0.1, -0.05) is 42.5 Å². The average Bonchev–Trinajstić information content (AvgIpc) is 3.33. The van der Waals surface area contributed by atoms with Crippen LogP contribution in [0.5, 0.6) is 0 Å². The van der Waals surface area contributed by atoms with Crippen molar-refractivity contribution >= 4 is 23.6 Å². The monoisotopic (exact) mass is 353 g/mol. The third kappa shape index (κ3) is 2.48. The number of likely N-dealkylation sites (tertiary alicyclic amines) is 1. The first-order chi connectivity index (χ1) is 12.5. The number of ether oxygens (including phenoxy) is 1. The minimum absolute atomic E-state index is 0.0920. The molecule has 1 aromatic rings. The summed E-state index contributed by atoms with van der Waals surface area (Å²) in [6, 6.07) is 7.48. The third-order valence-electron chi connectivity index (χ3n) is 5.67. The van der Waals surface area contributed by atoms with E-state index in [1.54, 1.807) is 30.3 Å². The van der Waals surface area contributed by atoms with E-state index in [9.17, 15) is 19.2 Å². The van der Waals surface area contributed by atoms with Crippen molar-refractivity contribution in [1.82, 2.24) is 4.90 Å². The molecule has 5 atom stereocenters. The molecule has 2 aliphatic carbocycles. The first kappa shape index (κ1) is 16.7. The fraction of sp³-hybridized carbons (Fsp3) is 0.400. The maximum atomic E-state index is 12.7. The van der Waals surface area contributed by atoms with Crippen LogP contribution in [0, 0.1) is 23.7 Å². The van der Waals surface area contributed by atoms with Gasteiger partial charge in [0, 0.05) is 5.56 Å². The van der Waals surface area contributed by atoms with Gasteiger partial charge in [0.1, 0.15) is 6.04 Å². The van der Waals surface area contributed by atoms with Crippen LogP contribution >= 0.6 is 0 Å². The van der Waals surface area contributed by atoms with Crippen LogP contribution in [0.2, 0.25) is 0 Å². The first-order valence-electron chi connectivity index (χ1n) is 8.79. The largest absolute Gasteiger partial charge is 0.456 e. The Kier molecular flexibility index (Phi) is 3.98. The van der Waals surface area contributed by atoms with Crippen molar-refractivity contribution in [2.45, 2.75) is 19.4 Å². The predicted molar refractivity (Wildman–Crippen MR) is 90.8 cm³/mol. The van der Waals surface area contributed by atoms with Gasteiger partial charge in [-0.25, -0.2) is 4.79 Å². The van der Waals surface area contributed by atoms with E-state index in [0.29, 0.717) is 5.56 Å². The minimum Gasteiger partial charge on any atom is -0.456 e. The Morgan fingerprint density at radius 2 is 1.65 bits per heavy atom. The number of hydrogen-bond acceptors (Lipinski definition) is 5. The van der Waals surface area contributed by atoms with Gasteiger partial charge in [-0.05, 0) is 25.2 Å². The molecule has 1 saturated carbocycles. The van der Waals surface area contributed by atoms with Crippen LogP contribution in [0.1, 0.15) is 23.7 Å². The van der Waals surface area contributed by atoms with Gasteiger partial charge in [0.15, 0.2) is 12.4 Å². The van der Waals surface area contributed by atoms with Crippen LogP contribution in [0.3, 0.4) is 0 Å². The number of ketones is 1. The van der Waals surface area contributed by atoms with Gasteiger partial charge in [-0.2, -0.15) is 0 Å². The molecule has 1 heterocycles. The predicted octanol–water partition coefficient (Wildman–Crippen LogP) is 1.61. The maximum absolute atomic E-state index is 12.7. The number of fused-ring (bicyclic) bond motifs is 5. The van der Waals surface area contributed by atoms with E-state index in [4.69, 9.17) is 4.74 Å². The number of benzene rings is 1. The number of Topliss-reactive ketones (excluding diaryl/α,β-unsaturated/α-hetero) is 1. The smallest absolute Gasteiger partial charge is 0.329 e. The van der Waals surface area contributed by atoms with Crippen LogP contribution in [-0.4, -0.2) is 41.1 Å². The molecule has 134 valence electrons. The van der Waals surface area contributed by atoms with Crippen molar-refractivity contribution in [1.29, 1.82) is 0 Å². The Labute approximate surface area is 150 Å². The Morgan fingerprint density at radius 1 is 1.08 bits per heavy atom. The highest BCUT2D eigenvalue weighted by molar-refractivity contribution is 6.09. The molecule has 1 saturated heterocycles.